The fraction of sp³-hybridized carbons (Fsp3) is 0.345. The van der Waals surface area contributed by atoms with Crippen molar-refractivity contribution in [2.75, 3.05) is 51.3 Å². The van der Waals surface area contributed by atoms with E-state index in [-0.39, 0.29) is 41.3 Å². The van der Waals surface area contributed by atoms with E-state index in [0.29, 0.717) is 56.1 Å². The van der Waals surface area contributed by atoms with Gasteiger partial charge in [0.05, 0.1) is 31.8 Å². The lowest BCUT2D eigenvalue weighted by Gasteiger charge is -2.26. The topological polar surface area (TPSA) is 113 Å². The highest BCUT2D eigenvalue weighted by Crippen LogP contribution is 2.32. The van der Waals surface area contributed by atoms with Crippen LogP contribution in [0.3, 0.4) is 0 Å². The van der Waals surface area contributed by atoms with Crippen molar-refractivity contribution in [3.8, 4) is 16.9 Å². The van der Waals surface area contributed by atoms with E-state index in [9.17, 15) is 31.9 Å². The molecule has 13 heteroatoms. The number of hydrogen-bond acceptors (Lipinski definition) is 6. The highest BCUT2D eigenvalue weighted by atomic mass is 19.4. The van der Waals surface area contributed by atoms with Crippen molar-refractivity contribution >= 4 is 17.5 Å². The number of aromatic amines is 1. The van der Waals surface area contributed by atoms with Crippen LogP contribution in [0.4, 0.5) is 23.2 Å². The number of nitrogens with one attached hydrogen (secondary N) is 3. The number of aromatic nitrogens is 1. The number of carbonyl (C=O) groups is 2. The number of amides is 2. The van der Waals surface area contributed by atoms with Crippen LogP contribution < -0.4 is 20.9 Å². The predicted octanol–water partition coefficient (Wildman–Crippen LogP) is 3.84. The number of pyridine rings is 1. The molecule has 2 aromatic carbocycles. The Kier molecular flexibility index (Phi) is 9.96. The molecule has 0 atom stereocenters. The van der Waals surface area contributed by atoms with Crippen LogP contribution in [0.25, 0.3) is 11.1 Å². The van der Waals surface area contributed by atoms with E-state index in [1.54, 1.807) is 6.92 Å². The summed E-state index contributed by atoms with van der Waals surface area (Å²) in [6.45, 7) is 5.28. The smallest absolute Gasteiger partial charge is 0.416 e. The molecule has 1 aromatic heterocycles. The summed E-state index contributed by atoms with van der Waals surface area (Å²) in [5.41, 5.74) is -1.21. The SMILES string of the molecule is CCOc1cc(=O)[nH]cc1-c1ccc(CC(=O)Nc2cc(C(=O)NCCN3CCOCC3)cc(C(F)(F)F)c2)c(F)c1. The lowest BCUT2D eigenvalue weighted by atomic mass is 10.0. The zero-order valence-corrected chi connectivity index (χ0v) is 22.8. The summed E-state index contributed by atoms with van der Waals surface area (Å²) >= 11 is 0. The quantitative estimate of drug-likeness (QED) is 0.310. The van der Waals surface area contributed by atoms with E-state index in [2.05, 4.69) is 20.5 Å². The van der Waals surface area contributed by atoms with Crippen LogP contribution in [0.1, 0.15) is 28.4 Å². The minimum Gasteiger partial charge on any atom is -0.493 e. The summed E-state index contributed by atoms with van der Waals surface area (Å²) in [4.78, 5) is 41.6. The van der Waals surface area contributed by atoms with E-state index < -0.39 is 35.8 Å². The number of anilines is 1. The minimum atomic E-state index is -4.77. The molecule has 2 amide bonds. The monoisotopic (exact) mass is 590 g/mol. The first-order valence-electron chi connectivity index (χ1n) is 13.3. The number of morpholine rings is 1. The Bertz CT molecular complexity index is 1490. The molecule has 42 heavy (non-hydrogen) atoms. The zero-order valence-electron chi connectivity index (χ0n) is 22.8. The number of benzene rings is 2. The van der Waals surface area contributed by atoms with Crippen LogP contribution in [0.2, 0.25) is 0 Å². The van der Waals surface area contributed by atoms with Gasteiger partial charge in [0.25, 0.3) is 11.5 Å². The molecule has 1 saturated heterocycles. The minimum absolute atomic E-state index is 0.00769. The van der Waals surface area contributed by atoms with Gasteiger partial charge < -0.3 is 25.1 Å². The molecule has 3 aromatic rings. The fourth-order valence-electron chi connectivity index (χ4n) is 4.44. The van der Waals surface area contributed by atoms with Gasteiger partial charge in [0.15, 0.2) is 0 Å². The second kappa shape index (κ2) is 13.6. The summed E-state index contributed by atoms with van der Waals surface area (Å²) in [5, 5.41) is 4.95. The van der Waals surface area contributed by atoms with E-state index in [4.69, 9.17) is 9.47 Å². The van der Waals surface area contributed by atoms with Crippen molar-refractivity contribution in [1.82, 2.24) is 15.2 Å². The molecule has 1 aliphatic heterocycles. The van der Waals surface area contributed by atoms with Crippen molar-refractivity contribution in [2.45, 2.75) is 19.5 Å². The predicted molar refractivity (Wildman–Crippen MR) is 147 cm³/mol. The Hall–Kier alpha value is -4.23. The summed E-state index contributed by atoms with van der Waals surface area (Å²) in [7, 11) is 0. The maximum absolute atomic E-state index is 15.0. The molecule has 0 bridgehead atoms. The molecular formula is C29H30F4N4O5. The number of rotatable bonds is 10. The normalized spacial score (nSPS) is 13.9. The number of hydrogen-bond donors (Lipinski definition) is 3. The Morgan fingerprint density at radius 3 is 2.55 bits per heavy atom. The summed E-state index contributed by atoms with van der Waals surface area (Å²) in [5.74, 6) is -1.98. The summed E-state index contributed by atoms with van der Waals surface area (Å²) < 4.78 is 66.4. The van der Waals surface area contributed by atoms with Crippen LogP contribution in [-0.4, -0.2) is 67.7 Å². The van der Waals surface area contributed by atoms with Gasteiger partial charge in [-0.05, 0) is 42.3 Å². The first kappa shape index (κ1) is 30.7. The molecule has 0 saturated carbocycles. The largest absolute Gasteiger partial charge is 0.493 e. The highest BCUT2D eigenvalue weighted by Gasteiger charge is 2.32. The second-order valence-corrected chi connectivity index (χ2v) is 9.55. The van der Waals surface area contributed by atoms with Crippen molar-refractivity contribution < 1.29 is 36.6 Å². The van der Waals surface area contributed by atoms with E-state index in [1.165, 1.54) is 30.5 Å². The average molecular weight is 591 g/mol. The van der Waals surface area contributed by atoms with Crippen LogP contribution >= 0.6 is 0 Å². The van der Waals surface area contributed by atoms with Crippen molar-refractivity contribution in [3.05, 3.63) is 81.5 Å². The van der Waals surface area contributed by atoms with Gasteiger partial charge in [-0.3, -0.25) is 19.3 Å². The molecule has 1 aliphatic rings. The molecule has 0 radical (unpaired) electrons. The van der Waals surface area contributed by atoms with Crippen LogP contribution in [0.15, 0.2) is 53.5 Å². The van der Waals surface area contributed by atoms with E-state index in [1.807, 2.05) is 0 Å². The molecule has 3 N–H and O–H groups in total. The van der Waals surface area contributed by atoms with Gasteiger partial charge >= 0.3 is 6.18 Å². The third-order valence-corrected chi connectivity index (χ3v) is 6.52. The number of alkyl halides is 3. The molecule has 4 rings (SSSR count). The highest BCUT2D eigenvalue weighted by molar-refractivity contribution is 5.98. The second-order valence-electron chi connectivity index (χ2n) is 9.55. The Morgan fingerprint density at radius 1 is 1.10 bits per heavy atom. The van der Waals surface area contributed by atoms with Crippen molar-refractivity contribution in [2.24, 2.45) is 0 Å². The number of H-pyrrole nitrogens is 1. The van der Waals surface area contributed by atoms with Gasteiger partial charge in [-0.15, -0.1) is 0 Å². The maximum atomic E-state index is 15.0. The van der Waals surface area contributed by atoms with Crippen molar-refractivity contribution in [3.63, 3.8) is 0 Å². The first-order valence-corrected chi connectivity index (χ1v) is 13.3. The third kappa shape index (κ3) is 8.17. The van der Waals surface area contributed by atoms with E-state index >= 15 is 0 Å². The average Bonchev–Trinajstić information content (AvgIpc) is 2.94. The first-order chi connectivity index (χ1) is 20.0. The van der Waals surface area contributed by atoms with Crippen LogP contribution in [0, 0.1) is 5.82 Å². The number of ether oxygens (including phenoxy) is 2. The third-order valence-electron chi connectivity index (χ3n) is 6.52. The number of carbonyl (C=O) groups excluding carboxylic acids is 2. The maximum Gasteiger partial charge on any atom is 0.416 e. The number of nitrogens with zero attached hydrogens (tertiary/aromatic N) is 1. The van der Waals surface area contributed by atoms with Crippen molar-refractivity contribution in [1.29, 1.82) is 0 Å². The molecule has 0 aliphatic carbocycles. The summed E-state index contributed by atoms with van der Waals surface area (Å²) in [6, 6.07) is 7.88. The standard InChI is InChI=1S/C29H30F4N4O5/c1-2-42-25-16-26(38)35-17-23(25)18-3-4-19(24(30)13-18)14-27(39)36-22-12-20(11-21(15-22)29(31,32)33)28(40)34-5-6-37-7-9-41-10-8-37/h3-4,11-13,15-17H,2,5-10,14H2,1H3,(H,34,40)(H,35,38)(H,36,39). The van der Waals surface area contributed by atoms with Gasteiger partial charge in [-0.2, -0.15) is 13.2 Å². The summed E-state index contributed by atoms with van der Waals surface area (Å²) in [6.07, 6.45) is -3.86. The Morgan fingerprint density at radius 2 is 1.86 bits per heavy atom. The molecule has 0 spiro atoms. The fourth-order valence-corrected chi connectivity index (χ4v) is 4.44. The Labute approximate surface area is 238 Å². The molecule has 0 unspecified atom stereocenters. The zero-order chi connectivity index (χ0) is 30.3. The van der Waals surface area contributed by atoms with Crippen LogP contribution in [-0.2, 0) is 22.1 Å². The molecule has 9 nitrogen and oxygen atoms in total. The molecule has 1 fully saturated rings. The van der Waals surface area contributed by atoms with Gasteiger partial charge in [0.2, 0.25) is 5.91 Å². The molecule has 2 heterocycles. The Balaban J connectivity index is 1.46. The van der Waals surface area contributed by atoms with Gasteiger partial charge in [-0.1, -0.05) is 12.1 Å². The van der Waals surface area contributed by atoms with Gasteiger partial charge in [-0.25, -0.2) is 4.39 Å². The molecular weight excluding hydrogens is 560 g/mol. The van der Waals surface area contributed by atoms with Gasteiger partial charge in [0, 0.05) is 55.3 Å². The number of halogens is 4. The van der Waals surface area contributed by atoms with E-state index in [0.717, 1.165) is 6.07 Å². The lowest BCUT2D eigenvalue weighted by Crippen LogP contribution is -2.41. The lowest BCUT2D eigenvalue weighted by molar-refractivity contribution is -0.137. The molecule has 224 valence electrons. The van der Waals surface area contributed by atoms with Gasteiger partial charge in [0.1, 0.15) is 11.6 Å². The van der Waals surface area contributed by atoms with Crippen LogP contribution in [0.5, 0.6) is 5.75 Å².